The van der Waals surface area contributed by atoms with Crippen LogP contribution in [0.1, 0.15) is 21.5 Å². The lowest BCUT2D eigenvalue weighted by Crippen LogP contribution is -2.45. The Morgan fingerprint density at radius 3 is 2.62 bits per heavy atom. The molecule has 0 atom stereocenters. The number of aryl methyl sites for hydroxylation is 1. The molecule has 2 amide bonds. The van der Waals surface area contributed by atoms with E-state index in [2.05, 4.69) is 5.43 Å². The number of carbonyl (C=O) groups excluding carboxylic acids is 2. The predicted octanol–water partition coefficient (Wildman–Crippen LogP) is 3.55. The number of rotatable bonds is 4. The molecule has 2 aromatic rings. The summed E-state index contributed by atoms with van der Waals surface area (Å²) >= 11 is 6.39. The molecule has 1 fully saturated rings. The van der Waals surface area contributed by atoms with E-state index >= 15 is 0 Å². The number of methoxy groups -OCH3 is 1. The largest absolute Gasteiger partial charge is 0.496 e. The van der Waals surface area contributed by atoms with Crippen LogP contribution in [0.15, 0.2) is 53.4 Å². The Bertz CT molecular complexity index is 925. The third-order valence-electron chi connectivity index (χ3n) is 3.82. The number of hydrogen-bond donors (Lipinski definition) is 1. The molecular weight excluding hydrogens is 368 g/mol. The first-order chi connectivity index (χ1) is 12.5. The van der Waals surface area contributed by atoms with Crippen molar-refractivity contribution in [3.8, 4) is 5.75 Å². The number of amides is 2. The SMILES string of the molecule is COc1ccccc1/C=C1\SC(=S)N(NC(=O)c2ccccc2C)C1=O. The van der Waals surface area contributed by atoms with E-state index in [1.165, 1.54) is 0 Å². The minimum absolute atomic E-state index is 0.276. The number of thioether (sulfide) groups is 1. The molecule has 1 heterocycles. The van der Waals surface area contributed by atoms with Gasteiger partial charge in [0.25, 0.3) is 11.8 Å². The third kappa shape index (κ3) is 3.63. The van der Waals surface area contributed by atoms with Crippen molar-refractivity contribution >= 4 is 46.2 Å². The summed E-state index contributed by atoms with van der Waals surface area (Å²) in [5, 5.41) is 1.11. The van der Waals surface area contributed by atoms with E-state index < -0.39 is 0 Å². The van der Waals surface area contributed by atoms with Gasteiger partial charge in [0.1, 0.15) is 5.75 Å². The number of thiocarbonyl (C=S) groups is 1. The Labute approximate surface area is 161 Å². The number of nitrogens with one attached hydrogen (secondary N) is 1. The lowest BCUT2D eigenvalue weighted by molar-refractivity contribution is -0.123. The molecule has 3 rings (SSSR count). The van der Waals surface area contributed by atoms with Crippen LogP contribution in [0.25, 0.3) is 6.08 Å². The van der Waals surface area contributed by atoms with Crippen molar-refractivity contribution < 1.29 is 14.3 Å². The number of ether oxygens (including phenoxy) is 1. The van der Waals surface area contributed by atoms with Crippen LogP contribution in [0.4, 0.5) is 0 Å². The molecular formula is C19H16N2O3S2. The molecule has 0 aromatic heterocycles. The van der Waals surface area contributed by atoms with Gasteiger partial charge in [0.15, 0.2) is 4.32 Å². The van der Waals surface area contributed by atoms with Crippen LogP contribution in [0.3, 0.4) is 0 Å². The van der Waals surface area contributed by atoms with Crippen LogP contribution in [0.2, 0.25) is 0 Å². The Morgan fingerprint density at radius 1 is 1.19 bits per heavy atom. The fourth-order valence-electron chi connectivity index (χ4n) is 2.48. The van der Waals surface area contributed by atoms with E-state index in [-0.39, 0.29) is 16.1 Å². The molecule has 5 nitrogen and oxygen atoms in total. The second-order valence-corrected chi connectivity index (χ2v) is 7.19. The quantitative estimate of drug-likeness (QED) is 0.645. The number of hydrogen-bond acceptors (Lipinski definition) is 5. The van der Waals surface area contributed by atoms with E-state index in [1.807, 2.05) is 43.3 Å². The number of nitrogens with zero attached hydrogens (tertiary/aromatic N) is 1. The molecule has 0 unspecified atom stereocenters. The van der Waals surface area contributed by atoms with Crippen LogP contribution < -0.4 is 10.2 Å². The zero-order valence-corrected chi connectivity index (χ0v) is 15.8. The van der Waals surface area contributed by atoms with E-state index in [0.717, 1.165) is 27.9 Å². The first kappa shape index (κ1) is 18.2. The van der Waals surface area contributed by atoms with Gasteiger partial charge < -0.3 is 4.74 Å². The average molecular weight is 384 g/mol. The molecule has 2 aromatic carbocycles. The van der Waals surface area contributed by atoms with Gasteiger partial charge >= 0.3 is 0 Å². The highest BCUT2D eigenvalue weighted by atomic mass is 32.2. The summed E-state index contributed by atoms with van der Waals surface area (Å²) in [7, 11) is 1.57. The van der Waals surface area contributed by atoms with Gasteiger partial charge in [0, 0.05) is 11.1 Å². The second kappa shape index (κ2) is 7.72. The molecule has 1 aliphatic heterocycles. The summed E-state index contributed by atoms with van der Waals surface area (Å²) in [6.07, 6.45) is 1.71. The highest BCUT2D eigenvalue weighted by Gasteiger charge is 2.34. The first-order valence-corrected chi connectivity index (χ1v) is 9.01. The topological polar surface area (TPSA) is 58.6 Å². The molecule has 0 radical (unpaired) electrons. The van der Waals surface area contributed by atoms with Gasteiger partial charge in [-0.3, -0.25) is 15.0 Å². The Balaban J connectivity index is 1.82. The molecule has 1 aliphatic rings. The number of para-hydroxylation sites is 1. The number of hydrazine groups is 1. The van der Waals surface area contributed by atoms with Gasteiger partial charge in [-0.25, -0.2) is 0 Å². The third-order valence-corrected chi connectivity index (χ3v) is 5.12. The maximum atomic E-state index is 12.7. The first-order valence-electron chi connectivity index (χ1n) is 7.79. The predicted molar refractivity (Wildman–Crippen MR) is 107 cm³/mol. The average Bonchev–Trinajstić information content (AvgIpc) is 2.90. The summed E-state index contributed by atoms with van der Waals surface area (Å²) in [4.78, 5) is 25.6. The second-order valence-electron chi connectivity index (χ2n) is 5.51. The van der Waals surface area contributed by atoms with Crippen molar-refractivity contribution in [2.75, 3.05) is 7.11 Å². The summed E-state index contributed by atoms with van der Waals surface area (Å²) < 4.78 is 5.57. The van der Waals surface area contributed by atoms with Crippen molar-refractivity contribution in [2.24, 2.45) is 0 Å². The van der Waals surface area contributed by atoms with Crippen LogP contribution in [0, 0.1) is 6.92 Å². The lowest BCUT2D eigenvalue weighted by atomic mass is 10.1. The van der Waals surface area contributed by atoms with Crippen molar-refractivity contribution in [3.63, 3.8) is 0 Å². The van der Waals surface area contributed by atoms with E-state index in [1.54, 1.807) is 25.3 Å². The van der Waals surface area contributed by atoms with Crippen molar-refractivity contribution in [1.29, 1.82) is 0 Å². The van der Waals surface area contributed by atoms with Gasteiger partial charge in [-0.05, 0) is 42.9 Å². The molecule has 0 bridgehead atoms. The zero-order valence-electron chi connectivity index (χ0n) is 14.2. The summed E-state index contributed by atoms with van der Waals surface area (Å²) in [6, 6.07) is 14.5. The van der Waals surface area contributed by atoms with Crippen LogP contribution in [0.5, 0.6) is 5.75 Å². The lowest BCUT2D eigenvalue weighted by Gasteiger charge is -2.16. The van der Waals surface area contributed by atoms with Crippen LogP contribution in [-0.4, -0.2) is 28.3 Å². The van der Waals surface area contributed by atoms with Crippen molar-refractivity contribution in [3.05, 3.63) is 70.1 Å². The van der Waals surface area contributed by atoms with Crippen LogP contribution >= 0.6 is 24.0 Å². The van der Waals surface area contributed by atoms with E-state index in [9.17, 15) is 9.59 Å². The molecule has 1 N–H and O–H groups in total. The van der Waals surface area contributed by atoms with Crippen molar-refractivity contribution in [1.82, 2.24) is 10.4 Å². The van der Waals surface area contributed by atoms with Crippen molar-refractivity contribution in [2.45, 2.75) is 6.92 Å². The van der Waals surface area contributed by atoms with Gasteiger partial charge in [-0.2, -0.15) is 5.01 Å². The Kier molecular flexibility index (Phi) is 5.39. The maximum Gasteiger partial charge on any atom is 0.285 e. The molecule has 7 heteroatoms. The molecule has 132 valence electrons. The summed E-state index contributed by atoms with van der Waals surface area (Å²) in [5.41, 5.74) is 4.67. The Hall–Kier alpha value is -2.64. The molecule has 1 saturated heterocycles. The molecule has 0 saturated carbocycles. The smallest absolute Gasteiger partial charge is 0.285 e. The van der Waals surface area contributed by atoms with Gasteiger partial charge in [0.2, 0.25) is 0 Å². The van der Waals surface area contributed by atoms with Gasteiger partial charge in [-0.15, -0.1) is 0 Å². The van der Waals surface area contributed by atoms with Gasteiger partial charge in [-0.1, -0.05) is 48.2 Å². The van der Waals surface area contributed by atoms with E-state index in [0.29, 0.717) is 16.2 Å². The zero-order chi connectivity index (χ0) is 18.7. The molecule has 0 spiro atoms. The number of carbonyl (C=O) groups is 2. The Morgan fingerprint density at radius 2 is 1.88 bits per heavy atom. The minimum atomic E-state index is -0.377. The van der Waals surface area contributed by atoms with Crippen LogP contribution in [-0.2, 0) is 4.79 Å². The molecule has 26 heavy (non-hydrogen) atoms. The molecule has 0 aliphatic carbocycles. The fraction of sp³-hybridized carbons (Fsp3) is 0.105. The highest BCUT2D eigenvalue weighted by molar-refractivity contribution is 8.26. The normalized spacial score (nSPS) is 15.5. The monoisotopic (exact) mass is 384 g/mol. The van der Waals surface area contributed by atoms with Gasteiger partial charge in [0.05, 0.1) is 12.0 Å². The summed E-state index contributed by atoms with van der Waals surface area (Å²) in [6.45, 7) is 1.83. The number of benzene rings is 2. The highest BCUT2D eigenvalue weighted by Crippen LogP contribution is 2.33. The maximum absolute atomic E-state index is 12.7. The fourth-order valence-corrected chi connectivity index (χ4v) is 3.65. The summed E-state index contributed by atoms with van der Waals surface area (Å²) in [5.74, 6) is -0.0903. The standard InChI is InChI=1S/C19H16N2O3S2/c1-12-7-3-5-9-14(12)17(22)20-21-18(23)16(26-19(21)25)11-13-8-4-6-10-15(13)24-2/h3-11H,1-2H3,(H,20,22)/b16-11-. The van der Waals surface area contributed by atoms with E-state index in [4.69, 9.17) is 17.0 Å². The minimum Gasteiger partial charge on any atom is -0.496 e.